The van der Waals surface area contributed by atoms with Crippen molar-refractivity contribution in [2.24, 2.45) is 0 Å². The molecule has 4 heteroatoms. The molecule has 0 aliphatic heterocycles. The number of hydrogen-bond donors (Lipinski definition) is 0. The van der Waals surface area contributed by atoms with Gasteiger partial charge in [0.15, 0.2) is 0 Å². The van der Waals surface area contributed by atoms with Gasteiger partial charge in [0.1, 0.15) is 0 Å². The molecular formula is C13H12Cl2IN. The van der Waals surface area contributed by atoms with Gasteiger partial charge in [0.25, 0.3) is 0 Å². The van der Waals surface area contributed by atoms with Crippen molar-refractivity contribution < 1.29 is 0 Å². The van der Waals surface area contributed by atoms with E-state index in [2.05, 4.69) is 41.4 Å². The van der Waals surface area contributed by atoms with E-state index in [1.165, 1.54) is 0 Å². The number of hydrogen-bond acceptors (Lipinski definition) is 1. The number of halogens is 3. The minimum atomic E-state index is 0.357. The van der Waals surface area contributed by atoms with Crippen LogP contribution in [-0.2, 0) is 0 Å². The molecule has 0 saturated carbocycles. The van der Waals surface area contributed by atoms with Gasteiger partial charge in [-0.15, -0.1) is 0 Å². The van der Waals surface area contributed by atoms with E-state index in [4.69, 9.17) is 23.2 Å². The largest absolute Gasteiger partial charge is 0.251 e. The maximum atomic E-state index is 6.48. The predicted molar refractivity (Wildman–Crippen MR) is 83.3 cm³/mol. The Kier molecular flexibility index (Phi) is 3.86. The minimum Gasteiger partial charge on any atom is -0.251 e. The summed E-state index contributed by atoms with van der Waals surface area (Å²) in [4.78, 5) is 4.58. The summed E-state index contributed by atoms with van der Waals surface area (Å²) in [6.45, 7) is 6.23. The van der Waals surface area contributed by atoms with Crippen molar-refractivity contribution in [2.45, 2.75) is 26.7 Å². The van der Waals surface area contributed by atoms with E-state index in [1.807, 2.05) is 19.1 Å². The summed E-state index contributed by atoms with van der Waals surface area (Å²) in [5.41, 5.74) is 2.86. The Balaban J connectivity index is 2.92. The maximum Gasteiger partial charge on any atom is 0.0907 e. The lowest BCUT2D eigenvalue weighted by molar-refractivity contribution is 0.848. The third-order valence-corrected chi connectivity index (χ3v) is 4.07. The van der Waals surface area contributed by atoms with Crippen molar-refractivity contribution in [1.82, 2.24) is 4.98 Å². The lowest BCUT2D eigenvalue weighted by atomic mass is 9.99. The molecule has 0 spiro atoms. The van der Waals surface area contributed by atoms with Crippen LogP contribution in [0.25, 0.3) is 10.9 Å². The summed E-state index contributed by atoms with van der Waals surface area (Å²) < 4.78 is 1.07. The van der Waals surface area contributed by atoms with Gasteiger partial charge >= 0.3 is 0 Å². The summed E-state index contributed by atoms with van der Waals surface area (Å²) in [6, 6.07) is 3.94. The summed E-state index contributed by atoms with van der Waals surface area (Å²) in [6.07, 6.45) is 0. The summed E-state index contributed by atoms with van der Waals surface area (Å²) in [7, 11) is 0. The van der Waals surface area contributed by atoms with Crippen molar-refractivity contribution >= 4 is 56.7 Å². The average molecular weight is 380 g/mol. The van der Waals surface area contributed by atoms with E-state index in [9.17, 15) is 0 Å². The van der Waals surface area contributed by atoms with Crippen molar-refractivity contribution in [3.05, 3.63) is 37.0 Å². The van der Waals surface area contributed by atoms with Crippen LogP contribution in [0.1, 0.15) is 31.0 Å². The summed E-state index contributed by atoms with van der Waals surface area (Å²) in [5.74, 6) is 0.357. The van der Waals surface area contributed by atoms with Gasteiger partial charge in [-0.25, -0.2) is 0 Å². The van der Waals surface area contributed by atoms with Gasteiger partial charge in [0.2, 0.25) is 0 Å². The molecule has 1 aromatic heterocycles. The first kappa shape index (κ1) is 13.4. The highest BCUT2D eigenvalue weighted by Crippen LogP contribution is 2.36. The van der Waals surface area contributed by atoms with Crippen LogP contribution in [0.5, 0.6) is 0 Å². The van der Waals surface area contributed by atoms with Crippen molar-refractivity contribution in [3.63, 3.8) is 0 Å². The molecule has 1 nitrogen and oxygen atoms in total. The van der Waals surface area contributed by atoms with Crippen molar-refractivity contribution in [2.75, 3.05) is 0 Å². The van der Waals surface area contributed by atoms with E-state index >= 15 is 0 Å². The second kappa shape index (κ2) is 4.90. The molecule has 2 aromatic rings. The lowest BCUT2D eigenvalue weighted by Gasteiger charge is -2.14. The van der Waals surface area contributed by atoms with E-state index < -0.39 is 0 Å². The Morgan fingerprint density at radius 3 is 2.47 bits per heavy atom. The zero-order valence-electron chi connectivity index (χ0n) is 9.81. The van der Waals surface area contributed by atoms with Crippen LogP contribution in [0.15, 0.2) is 12.1 Å². The van der Waals surface area contributed by atoms with Crippen LogP contribution in [-0.4, -0.2) is 4.98 Å². The molecule has 90 valence electrons. The topological polar surface area (TPSA) is 12.9 Å². The Morgan fingerprint density at radius 2 is 1.88 bits per heavy atom. The third kappa shape index (κ3) is 2.40. The molecule has 0 N–H and O–H groups in total. The molecule has 0 radical (unpaired) electrons. The number of fused-ring (bicyclic) bond motifs is 1. The fourth-order valence-electron chi connectivity index (χ4n) is 2.05. The molecular weight excluding hydrogens is 368 g/mol. The van der Waals surface area contributed by atoms with E-state index in [1.54, 1.807) is 0 Å². The monoisotopic (exact) mass is 379 g/mol. The molecule has 0 unspecified atom stereocenters. The predicted octanol–water partition coefficient (Wildman–Crippen LogP) is 5.58. The molecule has 0 aliphatic carbocycles. The van der Waals surface area contributed by atoms with Crippen molar-refractivity contribution in [1.29, 1.82) is 0 Å². The smallest absolute Gasteiger partial charge is 0.0907 e. The molecule has 0 amide bonds. The zero-order valence-corrected chi connectivity index (χ0v) is 13.5. The van der Waals surface area contributed by atoms with Crippen LogP contribution in [0, 0.1) is 10.5 Å². The van der Waals surface area contributed by atoms with Gasteiger partial charge in [-0.2, -0.15) is 0 Å². The third-order valence-electron chi connectivity index (χ3n) is 2.75. The van der Waals surface area contributed by atoms with Crippen LogP contribution in [0.4, 0.5) is 0 Å². The van der Waals surface area contributed by atoms with Gasteiger partial charge in [0.05, 0.1) is 15.6 Å². The standard InChI is InChI=1S/C13H12Cl2IN/c1-6(2)11-7(3)17-13-9(12(11)15)4-8(16)5-10(13)14/h4-6H,1-3H3. The summed E-state index contributed by atoms with van der Waals surface area (Å²) >= 11 is 14.9. The molecule has 0 fully saturated rings. The number of aromatic nitrogens is 1. The maximum absolute atomic E-state index is 6.48. The fourth-order valence-corrected chi connectivity index (χ4v) is 3.62. The molecule has 0 saturated heterocycles. The van der Waals surface area contributed by atoms with E-state index in [-0.39, 0.29) is 0 Å². The second-order valence-electron chi connectivity index (χ2n) is 4.36. The molecule has 0 bridgehead atoms. The fraction of sp³-hybridized carbons (Fsp3) is 0.308. The number of pyridine rings is 1. The van der Waals surface area contributed by atoms with Crippen LogP contribution in [0.2, 0.25) is 10.0 Å². The second-order valence-corrected chi connectivity index (χ2v) is 6.39. The normalized spacial score (nSPS) is 11.5. The highest BCUT2D eigenvalue weighted by atomic mass is 127. The molecule has 1 aromatic carbocycles. The Bertz CT molecular complexity index is 594. The number of aryl methyl sites for hydroxylation is 1. The first-order chi connectivity index (χ1) is 7.91. The highest BCUT2D eigenvalue weighted by Gasteiger charge is 2.15. The molecule has 0 atom stereocenters. The number of rotatable bonds is 1. The van der Waals surface area contributed by atoms with Crippen LogP contribution in [0.3, 0.4) is 0 Å². The van der Waals surface area contributed by atoms with Gasteiger partial charge in [-0.3, -0.25) is 4.98 Å². The molecule has 2 rings (SSSR count). The van der Waals surface area contributed by atoms with Gasteiger partial charge in [-0.05, 0) is 53.1 Å². The molecule has 1 heterocycles. The van der Waals surface area contributed by atoms with E-state index in [0.717, 1.165) is 30.8 Å². The number of nitrogens with zero attached hydrogens (tertiary/aromatic N) is 1. The van der Waals surface area contributed by atoms with Crippen molar-refractivity contribution in [3.8, 4) is 0 Å². The van der Waals surface area contributed by atoms with Gasteiger partial charge in [0, 0.05) is 14.7 Å². The zero-order chi connectivity index (χ0) is 12.7. The molecule has 17 heavy (non-hydrogen) atoms. The quantitative estimate of drug-likeness (QED) is 0.589. The first-order valence-corrected chi connectivity index (χ1v) is 7.20. The SMILES string of the molecule is Cc1nc2c(Cl)cc(I)cc2c(Cl)c1C(C)C. The Labute approximate surface area is 125 Å². The average Bonchev–Trinajstić information content (AvgIpc) is 2.19. The first-order valence-electron chi connectivity index (χ1n) is 5.36. The summed E-state index contributed by atoms with van der Waals surface area (Å²) in [5, 5.41) is 2.38. The van der Waals surface area contributed by atoms with Gasteiger partial charge < -0.3 is 0 Å². The number of benzene rings is 1. The van der Waals surface area contributed by atoms with E-state index in [0.29, 0.717) is 10.9 Å². The minimum absolute atomic E-state index is 0.357. The Hall–Kier alpha value is -0.0600. The van der Waals surface area contributed by atoms with Crippen LogP contribution < -0.4 is 0 Å². The Morgan fingerprint density at radius 1 is 1.24 bits per heavy atom. The van der Waals surface area contributed by atoms with Crippen LogP contribution >= 0.6 is 45.8 Å². The highest BCUT2D eigenvalue weighted by molar-refractivity contribution is 14.1. The molecule has 0 aliphatic rings. The lowest BCUT2D eigenvalue weighted by Crippen LogP contribution is -1.98. The van der Waals surface area contributed by atoms with Gasteiger partial charge in [-0.1, -0.05) is 37.0 Å².